The van der Waals surface area contributed by atoms with Crippen LogP contribution in [0.15, 0.2) is 125 Å². The number of amides is 4. The lowest BCUT2D eigenvalue weighted by atomic mass is 9.92. The predicted molar refractivity (Wildman–Crippen MR) is 356 cm³/mol. The van der Waals surface area contributed by atoms with Gasteiger partial charge in [-0.25, -0.2) is 24.4 Å². The third-order valence-electron chi connectivity index (χ3n) is 15.1. The minimum Gasteiger partial charge on any atom is -0.493 e. The molecule has 514 valence electrons. The van der Waals surface area contributed by atoms with Crippen LogP contribution in [-0.2, 0) is 53.5 Å². The number of phosphoric ester groups is 1. The third-order valence-corrected chi connectivity index (χ3v) is 15.9. The fraction of sp³-hybridized carbons (Fsp3) is 0.463. The maximum Gasteiger partial charge on any atom is 0.493 e. The van der Waals surface area contributed by atoms with Crippen molar-refractivity contribution in [1.29, 1.82) is 0 Å². The van der Waals surface area contributed by atoms with Gasteiger partial charge in [0.15, 0.2) is 12.8 Å². The molecule has 0 aliphatic carbocycles. The minimum absolute atomic E-state index is 0.00783. The quantitative estimate of drug-likeness (QED) is 0.00505. The van der Waals surface area contributed by atoms with E-state index in [0.29, 0.717) is 42.4 Å². The van der Waals surface area contributed by atoms with Crippen molar-refractivity contribution in [2.45, 2.75) is 148 Å². The first-order valence-electron chi connectivity index (χ1n) is 31.7. The van der Waals surface area contributed by atoms with E-state index in [0.717, 1.165) is 43.7 Å². The number of nitrogen functional groups attached to an aromatic ring is 1. The van der Waals surface area contributed by atoms with Gasteiger partial charge in [0.05, 0.1) is 19.8 Å². The zero-order chi connectivity index (χ0) is 68.8. The van der Waals surface area contributed by atoms with Crippen LogP contribution in [0.5, 0.6) is 11.5 Å². The van der Waals surface area contributed by atoms with Gasteiger partial charge in [0, 0.05) is 36.8 Å². The average Bonchev–Trinajstić information content (AvgIpc) is 1.16. The Balaban J connectivity index is 1.08. The average molecular weight is 1340 g/mol. The number of nitrogens with one attached hydrogen (secondary N) is 5. The van der Waals surface area contributed by atoms with Crippen LogP contribution in [0.3, 0.4) is 0 Å². The van der Waals surface area contributed by atoms with Gasteiger partial charge in [-0.05, 0) is 123 Å². The van der Waals surface area contributed by atoms with Gasteiger partial charge in [-0.1, -0.05) is 119 Å². The summed E-state index contributed by atoms with van der Waals surface area (Å²) in [7, 11) is -5.04. The number of rotatable bonds is 34. The van der Waals surface area contributed by atoms with Crippen LogP contribution in [0.2, 0.25) is 0 Å². The first kappa shape index (κ1) is 73.7. The second kappa shape index (κ2) is 35.2. The number of aliphatic hydroxyl groups is 2. The SMILES string of the molecule is CC(C)CCOc1ccc2ccccc2c1-c1c(OCC(=O)NC(CCCCNC(=O)OC(C)(C)C)C(=O)NC(CCCN=C(N)NOP(=O)(O)OC[C@H]2O[C@@H](n3ccc(N)nc3=O)[C@H](O)[C@@H]2O)C(=O)NC(CC(C)C)C(=O)OCCc2ccccc2)ccc2ccccc12. The Bertz CT molecular complexity index is 3700. The zero-order valence-corrected chi connectivity index (χ0v) is 55.5. The van der Waals surface area contributed by atoms with E-state index in [4.69, 9.17) is 44.3 Å². The molecule has 12 N–H and O–H groups in total. The van der Waals surface area contributed by atoms with E-state index in [1.54, 1.807) is 26.8 Å². The summed E-state index contributed by atoms with van der Waals surface area (Å²) < 4.78 is 53.2. The molecule has 8 atom stereocenters. The Hall–Kier alpha value is -8.69. The van der Waals surface area contributed by atoms with E-state index in [-0.39, 0.29) is 63.5 Å². The van der Waals surface area contributed by atoms with Crippen LogP contribution in [0.4, 0.5) is 10.6 Å². The molecule has 1 fully saturated rings. The van der Waals surface area contributed by atoms with Gasteiger partial charge in [0.2, 0.25) is 17.8 Å². The second-order valence-electron chi connectivity index (χ2n) is 24.8. The highest BCUT2D eigenvalue weighted by Gasteiger charge is 2.45. The van der Waals surface area contributed by atoms with Crippen molar-refractivity contribution in [2.75, 3.05) is 45.3 Å². The summed E-state index contributed by atoms with van der Waals surface area (Å²) in [6.07, 6.45) is -3.77. The van der Waals surface area contributed by atoms with E-state index >= 15 is 0 Å². The second-order valence-corrected chi connectivity index (χ2v) is 26.2. The summed E-state index contributed by atoms with van der Waals surface area (Å²) in [5.74, 6) is -2.27. The number of phosphoric acid groups is 1. The first-order chi connectivity index (χ1) is 45.2. The van der Waals surface area contributed by atoms with Crippen molar-refractivity contribution in [3.8, 4) is 22.6 Å². The molecule has 28 heteroatoms. The number of guanidine groups is 1. The van der Waals surface area contributed by atoms with Crippen molar-refractivity contribution in [3.63, 3.8) is 0 Å². The highest BCUT2D eigenvalue weighted by molar-refractivity contribution is 7.47. The summed E-state index contributed by atoms with van der Waals surface area (Å²) in [6.45, 7) is 12.3. The third kappa shape index (κ3) is 22.8. The number of carbonyl (C=O) groups excluding carboxylic acids is 5. The summed E-state index contributed by atoms with van der Waals surface area (Å²) >= 11 is 0. The maximum absolute atomic E-state index is 14.8. The molecule has 95 heavy (non-hydrogen) atoms. The Morgan fingerprint density at radius 2 is 1.35 bits per heavy atom. The number of ether oxygens (including phenoxy) is 5. The number of aliphatic imine (C=N–C) groups is 1. The molecule has 0 radical (unpaired) electrons. The number of anilines is 1. The number of carbonyl (C=O) groups is 5. The Morgan fingerprint density at radius 3 is 1.98 bits per heavy atom. The number of fused-ring (bicyclic) bond motifs is 2. The highest BCUT2D eigenvalue weighted by atomic mass is 31.2. The number of hydroxylamine groups is 1. The highest BCUT2D eigenvalue weighted by Crippen LogP contribution is 2.46. The fourth-order valence-corrected chi connectivity index (χ4v) is 10.9. The molecule has 0 spiro atoms. The lowest BCUT2D eigenvalue weighted by Gasteiger charge is -2.26. The number of nitrogens with two attached hydrogens (primary N) is 2. The number of aromatic nitrogens is 2. The van der Waals surface area contributed by atoms with Gasteiger partial charge in [0.25, 0.3) is 5.91 Å². The summed E-state index contributed by atoms with van der Waals surface area (Å²) in [5, 5.41) is 35.9. The molecule has 1 saturated heterocycles. The summed E-state index contributed by atoms with van der Waals surface area (Å²) in [6, 6.07) is 30.2. The molecule has 0 saturated carbocycles. The molecule has 2 heterocycles. The molecule has 1 aromatic heterocycles. The van der Waals surface area contributed by atoms with Crippen LogP contribution in [0.1, 0.15) is 105 Å². The number of hydrogen-bond donors (Lipinski definition) is 10. The molecule has 7 rings (SSSR count). The van der Waals surface area contributed by atoms with E-state index < -0.39 is 111 Å². The largest absolute Gasteiger partial charge is 0.493 e. The van der Waals surface area contributed by atoms with Crippen LogP contribution in [0, 0.1) is 11.8 Å². The Kier molecular flexibility index (Phi) is 27.3. The van der Waals surface area contributed by atoms with Crippen LogP contribution in [-0.4, -0.2) is 142 Å². The molecule has 27 nitrogen and oxygen atoms in total. The normalized spacial score (nSPS) is 17.3. The van der Waals surface area contributed by atoms with Crippen molar-refractivity contribution in [2.24, 2.45) is 22.6 Å². The monoisotopic (exact) mass is 1340 g/mol. The Labute approximate surface area is 551 Å². The molecule has 1 aliphatic heterocycles. The van der Waals surface area contributed by atoms with Crippen LogP contribution < -0.4 is 53.4 Å². The molecular weight excluding hydrogens is 1250 g/mol. The molecule has 0 bridgehead atoms. The lowest BCUT2D eigenvalue weighted by Crippen LogP contribution is -2.56. The number of esters is 1. The topological polar surface area (TPSA) is 387 Å². The van der Waals surface area contributed by atoms with Gasteiger partial charge in [0.1, 0.15) is 59.4 Å². The van der Waals surface area contributed by atoms with Crippen molar-refractivity contribution >= 4 is 70.9 Å². The van der Waals surface area contributed by atoms with Gasteiger partial charge in [-0.2, -0.15) is 9.61 Å². The van der Waals surface area contributed by atoms with Gasteiger partial charge < -0.3 is 71.5 Å². The molecular formula is C67H89N10O17P. The molecule has 4 amide bonds. The fourth-order valence-electron chi connectivity index (χ4n) is 10.3. The Morgan fingerprint density at radius 1 is 0.737 bits per heavy atom. The van der Waals surface area contributed by atoms with Crippen LogP contribution in [0.25, 0.3) is 32.7 Å². The van der Waals surface area contributed by atoms with E-state index in [1.807, 2.05) is 116 Å². The number of alkyl carbamates (subject to hydrolysis) is 1. The van der Waals surface area contributed by atoms with Crippen molar-refractivity contribution in [3.05, 3.63) is 131 Å². The lowest BCUT2D eigenvalue weighted by molar-refractivity contribution is -0.148. The number of nitrogens with zero attached hydrogens (tertiary/aromatic N) is 3. The standard InChI is InChI=1S/C67H89N10O17P/c1-41(2)31-36-88-51-28-26-44-20-11-13-22-46(44)56(51)57-47-23-14-12-21-45(47)27-29-52(57)90-40-55(78)72-48(24-15-16-33-71-66(85)93-67(5,6)7)60(81)73-49(61(82)74-50(38-42(3)4)63(83)89-37-32-43-18-9-8-10-19-43)25-17-34-70-64(69)76-94-95(86,87)91-39-53-58(79)59(80)62(92-53)77-35-30-54(68)75-65(77)84/h8-14,18-23,26-30,35,41-42,48-50,53,58-59,62,79-80H,15-17,24-25,31-34,36-40H2,1-7H3,(H,71,85)(H,72,78)(H,73,81)(H,74,82)(H,86,87)(H2,68,75,84)(H3,69,70,76)/t48?,49?,50?,53-,58-,59-,62-/m1/s1. The van der Waals surface area contributed by atoms with Crippen LogP contribution >= 0.6 is 7.82 Å². The first-order valence-corrected chi connectivity index (χ1v) is 33.2. The summed E-state index contributed by atoms with van der Waals surface area (Å²) in [4.78, 5) is 101. The molecule has 1 aliphatic rings. The molecule has 4 unspecified atom stereocenters. The number of benzene rings is 5. The zero-order valence-electron chi connectivity index (χ0n) is 54.6. The van der Waals surface area contributed by atoms with E-state index in [2.05, 4.69) is 45.1 Å². The van der Waals surface area contributed by atoms with Crippen molar-refractivity contribution < 1.29 is 76.5 Å². The molecule has 5 aromatic carbocycles. The molecule has 6 aromatic rings. The summed E-state index contributed by atoms with van der Waals surface area (Å²) in [5.41, 5.74) is 14.3. The number of hydrogen-bond acceptors (Lipinski definition) is 19. The van der Waals surface area contributed by atoms with Gasteiger partial charge in [-0.3, -0.25) is 28.5 Å². The number of unbranched alkanes of at least 4 members (excludes halogenated alkanes) is 1. The predicted octanol–water partition coefficient (Wildman–Crippen LogP) is 6.64. The maximum atomic E-state index is 14.8. The van der Waals surface area contributed by atoms with Gasteiger partial charge >= 0.3 is 25.6 Å². The smallest absolute Gasteiger partial charge is 0.493 e. The number of aliphatic hydroxyl groups excluding tert-OH is 2. The van der Waals surface area contributed by atoms with Gasteiger partial charge in [-0.15, -0.1) is 0 Å². The minimum atomic E-state index is -5.04. The van der Waals surface area contributed by atoms with Crippen molar-refractivity contribution in [1.82, 2.24) is 36.3 Å². The van der Waals surface area contributed by atoms with E-state index in [9.17, 15) is 48.4 Å². The van der Waals surface area contributed by atoms with E-state index in [1.165, 1.54) is 12.3 Å².